The Morgan fingerprint density at radius 1 is 1.12 bits per heavy atom. The van der Waals surface area contributed by atoms with Crippen LogP contribution in [0.5, 0.6) is 0 Å². The molecule has 168 valence electrons. The second kappa shape index (κ2) is 8.78. The van der Waals surface area contributed by atoms with Crippen LogP contribution in [0.2, 0.25) is 0 Å². The molecule has 8 heteroatoms. The van der Waals surface area contributed by atoms with E-state index in [1.807, 2.05) is 46.0 Å². The molecule has 0 unspecified atom stereocenters. The maximum absolute atomic E-state index is 13.8. The predicted octanol–water partition coefficient (Wildman–Crippen LogP) is 4.20. The first-order valence-corrected chi connectivity index (χ1v) is 11.7. The molecular formula is C25H24FN5OS. The van der Waals surface area contributed by atoms with Crippen LogP contribution in [0.3, 0.4) is 0 Å². The summed E-state index contributed by atoms with van der Waals surface area (Å²) < 4.78 is 15.7. The number of hydrogen-bond acceptors (Lipinski definition) is 5. The van der Waals surface area contributed by atoms with Crippen molar-refractivity contribution in [1.82, 2.24) is 19.4 Å². The van der Waals surface area contributed by atoms with E-state index < -0.39 is 0 Å². The van der Waals surface area contributed by atoms with E-state index in [9.17, 15) is 9.18 Å². The predicted molar refractivity (Wildman–Crippen MR) is 128 cm³/mol. The molecule has 5 rings (SSSR count). The fourth-order valence-corrected chi connectivity index (χ4v) is 5.05. The van der Waals surface area contributed by atoms with Crippen LogP contribution in [0.4, 0.5) is 9.52 Å². The molecule has 0 spiro atoms. The van der Waals surface area contributed by atoms with E-state index in [0.29, 0.717) is 41.7 Å². The molecular weight excluding hydrogens is 437 g/mol. The molecule has 2 N–H and O–H groups in total. The summed E-state index contributed by atoms with van der Waals surface area (Å²) in [7, 11) is 0. The van der Waals surface area contributed by atoms with Gasteiger partial charge in [0.25, 0.3) is 0 Å². The van der Waals surface area contributed by atoms with E-state index in [1.165, 1.54) is 22.3 Å². The lowest BCUT2D eigenvalue weighted by atomic mass is 10.1. The Balaban J connectivity index is 1.42. The van der Waals surface area contributed by atoms with Crippen molar-refractivity contribution in [3.8, 4) is 16.9 Å². The molecule has 0 atom stereocenters. The van der Waals surface area contributed by atoms with Gasteiger partial charge in [0.15, 0.2) is 5.13 Å². The standard InChI is InChI=1S/C25H24FN5OS/c1-16-13-17(7-8-19(16)26)21-15-31(18-5-3-2-4-6-18)23(28-21)14-24(32)30-11-9-20-22(10-12-30)33-25(27)29-20/h2-8,13,15H,9-12,14H2,1H3,(H2,27,29). The first kappa shape index (κ1) is 21.3. The number of para-hydroxylation sites is 1. The number of hydrogen-bond donors (Lipinski definition) is 1. The number of carbonyl (C=O) groups is 1. The van der Waals surface area contributed by atoms with Gasteiger partial charge < -0.3 is 15.2 Å². The van der Waals surface area contributed by atoms with E-state index in [4.69, 9.17) is 10.7 Å². The largest absolute Gasteiger partial charge is 0.375 e. The number of anilines is 1. The van der Waals surface area contributed by atoms with E-state index in [-0.39, 0.29) is 18.1 Å². The number of rotatable bonds is 4. The Morgan fingerprint density at radius 2 is 1.91 bits per heavy atom. The second-order valence-corrected chi connectivity index (χ2v) is 9.31. The number of fused-ring (bicyclic) bond motifs is 1. The average Bonchev–Trinajstić information content (AvgIpc) is 3.33. The molecule has 0 bridgehead atoms. The molecule has 4 aromatic rings. The van der Waals surface area contributed by atoms with E-state index in [2.05, 4.69) is 4.98 Å². The van der Waals surface area contributed by atoms with Gasteiger partial charge in [0.05, 0.1) is 17.8 Å². The minimum atomic E-state index is -0.248. The number of nitrogens with two attached hydrogens (primary N) is 1. The molecule has 0 fully saturated rings. The first-order valence-electron chi connectivity index (χ1n) is 10.9. The number of nitrogen functional groups attached to an aromatic ring is 1. The van der Waals surface area contributed by atoms with Gasteiger partial charge in [-0.2, -0.15) is 0 Å². The number of amides is 1. The van der Waals surface area contributed by atoms with E-state index in [0.717, 1.165) is 23.4 Å². The number of carbonyl (C=O) groups excluding carboxylic acids is 1. The number of nitrogens with zero attached hydrogens (tertiary/aromatic N) is 4. The van der Waals surface area contributed by atoms with Crippen LogP contribution in [-0.4, -0.2) is 38.4 Å². The van der Waals surface area contributed by atoms with Gasteiger partial charge in [-0.25, -0.2) is 14.4 Å². The van der Waals surface area contributed by atoms with Crippen molar-refractivity contribution in [1.29, 1.82) is 0 Å². The Labute approximate surface area is 195 Å². The quantitative estimate of drug-likeness (QED) is 0.494. The van der Waals surface area contributed by atoms with Gasteiger partial charge in [-0.1, -0.05) is 18.2 Å². The number of halogens is 1. The van der Waals surface area contributed by atoms with E-state index in [1.54, 1.807) is 19.1 Å². The highest BCUT2D eigenvalue weighted by molar-refractivity contribution is 7.15. The first-order chi connectivity index (χ1) is 16.0. The Hall–Kier alpha value is -3.52. The zero-order valence-corrected chi connectivity index (χ0v) is 19.1. The summed E-state index contributed by atoms with van der Waals surface area (Å²) in [6, 6.07) is 14.8. The van der Waals surface area contributed by atoms with Crippen molar-refractivity contribution < 1.29 is 9.18 Å². The highest BCUT2D eigenvalue weighted by Crippen LogP contribution is 2.26. The van der Waals surface area contributed by atoms with Gasteiger partial charge in [0.2, 0.25) is 5.91 Å². The van der Waals surface area contributed by atoms with Crippen molar-refractivity contribution in [2.75, 3.05) is 18.8 Å². The highest BCUT2D eigenvalue weighted by Gasteiger charge is 2.23. The molecule has 3 heterocycles. The van der Waals surface area contributed by atoms with Crippen molar-refractivity contribution in [3.63, 3.8) is 0 Å². The third-order valence-corrected chi connectivity index (χ3v) is 6.94. The van der Waals surface area contributed by atoms with E-state index >= 15 is 0 Å². The number of benzene rings is 2. The van der Waals surface area contributed by atoms with Crippen LogP contribution in [0.1, 0.15) is 22.0 Å². The maximum Gasteiger partial charge on any atom is 0.230 e. The number of aromatic nitrogens is 3. The second-order valence-electron chi connectivity index (χ2n) is 8.19. The smallest absolute Gasteiger partial charge is 0.230 e. The molecule has 33 heavy (non-hydrogen) atoms. The van der Waals surface area contributed by atoms with Crippen molar-refractivity contribution in [2.45, 2.75) is 26.2 Å². The van der Waals surface area contributed by atoms with Crippen molar-refractivity contribution in [2.24, 2.45) is 0 Å². The van der Waals surface area contributed by atoms with Crippen molar-refractivity contribution >= 4 is 22.4 Å². The minimum absolute atomic E-state index is 0.0303. The summed E-state index contributed by atoms with van der Waals surface area (Å²) in [5.74, 6) is 0.440. The van der Waals surface area contributed by atoms with Crippen LogP contribution in [0.25, 0.3) is 16.9 Å². The molecule has 1 aliphatic heterocycles. The minimum Gasteiger partial charge on any atom is -0.375 e. The fourth-order valence-electron chi connectivity index (χ4n) is 4.18. The van der Waals surface area contributed by atoms with Gasteiger partial charge in [-0.3, -0.25) is 4.79 Å². The summed E-state index contributed by atoms with van der Waals surface area (Å²) in [5.41, 5.74) is 9.87. The van der Waals surface area contributed by atoms with Crippen LogP contribution in [0.15, 0.2) is 54.7 Å². The lowest BCUT2D eigenvalue weighted by Crippen LogP contribution is -2.35. The summed E-state index contributed by atoms with van der Waals surface area (Å²) >= 11 is 1.51. The molecule has 1 amide bonds. The Kier molecular flexibility index (Phi) is 5.68. The molecule has 0 radical (unpaired) electrons. The van der Waals surface area contributed by atoms with Gasteiger partial charge in [-0.05, 0) is 42.8 Å². The van der Waals surface area contributed by atoms with Gasteiger partial charge in [0.1, 0.15) is 11.6 Å². The van der Waals surface area contributed by atoms with Crippen LogP contribution < -0.4 is 5.73 Å². The molecule has 0 saturated carbocycles. The molecule has 0 aliphatic carbocycles. The molecule has 1 aliphatic rings. The van der Waals surface area contributed by atoms with Gasteiger partial charge in [-0.15, -0.1) is 11.3 Å². The molecule has 0 saturated heterocycles. The summed E-state index contributed by atoms with van der Waals surface area (Å²) in [6.07, 6.45) is 3.57. The fraction of sp³-hybridized carbons (Fsp3) is 0.240. The Morgan fingerprint density at radius 3 is 2.70 bits per heavy atom. The van der Waals surface area contributed by atoms with Crippen molar-refractivity contribution in [3.05, 3.63) is 82.5 Å². The zero-order valence-electron chi connectivity index (χ0n) is 18.3. The zero-order chi connectivity index (χ0) is 22.9. The SMILES string of the molecule is Cc1cc(-c2cn(-c3ccccc3)c(CC(=O)N3CCc4nc(N)sc4CC3)n2)ccc1F. The Bertz CT molecular complexity index is 1290. The van der Waals surface area contributed by atoms with Crippen LogP contribution in [0, 0.1) is 12.7 Å². The summed E-state index contributed by atoms with van der Waals surface area (Å²) in [4.78, 5) is 25.5. The number of thiazole rings is 1. The molecule has 6 nitrogen and oxygen atoms in total. The lowest BCUT2D eigenvalue weighted by molar-refractivity contribution is -0.130. The lowest BCUT2D eigenvalue weighted by Gasteiger charge is -2.20. The normalized spacial score (nSPS) is 13.6. The average molecular weight is 462 g/mol. The van der Waals surface area contributed by atoms with Gasteiger partial charge in [0, 0.05) is 48.3 Å². The molecule has 2 aromatic carbocycles. The molecule has 2 aromatic heterocycles. The van der Waals surface area contributed by atoms with Crippen LogP contribution >= 0.6 is 11.3 Å². The van der Waals surface area contributed by atoms with Crippen LogP contribution in [-0.2, 0) is 24.1 Å². The topological polar surface area (TPSA) is 77.0 Å². The summed E-state index contributed by atoms with van der Waals surface area (Å²) in [5, 5.41) is 0.591. The monoisotopic (exact) mass is 461 g/mol. The summed E-state index contributed by atoms with van der Waals surface area (Å²) in [6.45, 7) is 2.99. The third kappa shape index (κ3) is 4.39. The number of aryl methyl sites for hydroxylation is 1. The maximum atomic E-state index is 13.8. The number of imidazole rings is 1. The highest BCUT2D eigenvalue weighted by atomic mass is 32.1. The third-order valence-electron chi connectivity index (χ3n) is 5.95. The van der Waals surface area contributed by atoms with Gasteiger partial charge >= 0.3 is 0 Å².